The Hall–Kier alpha value is -1.35. The molecule has 2 aromatic carbocycles. The van der Waals surface area contributed by atoms with Crippen LogP contribution >= 0.6 is 34.8 Å². The second-order valence-corrected chi connectivity index (χ2v) is 5.64. The molecular weight excluding hydrogens is 317 g/mol. The Morgan fingerprint density at radius 3 is 2.60 bits per heavy atom. The van der Waals surface area contributed by atoms with Gasteiger partial charge in [-0.3, -0.25) is 0 Å². The van der Waals surface area contributed by atoms with Crippen molar-refractivity contribution < 1.29 is 5.11 Å². The Morgan fingerprint density at radius 1 is 1.05 bits per heavy atom. The number of aromatic nitrogens is 1. The highest BCUT2D eigenvalue weighted by Crippen LogP contribution is 2.29. The summed E-state index contributed by atoms with van der Waals surface area (Å²) in [5, 5.41) is 11.9. The van der Waals surface area contributed by atoms with Crippen LogP contribution in [0.3, 0.4) is 0 Å². The monoisotopic (exact) mass is 324 g/mol. The van der Waals surface area contributed by atoms with Gasteiger partial charge in [0.2, 0.25) is 0 Å². The fourth-order valence-electron chi connectivity index (χ4n) is 2.12. The zero-order valence-electron chi connectivity index (χ0n) is 10.2. The Balaban J connectivity index is 2.08. The van der Waals surface area contributed by atoms with Crippen molar-refractivity contribution >= 4 is 45.7 Å². The van der Waals surface area contributed by atoms with Crippen LogP contribution in [0.2, 0.25) is 15.2 Å². The molecule has 0 unspecified atom stereocenters. The largest absolute Gasteiger partial charge is 0.508 e. The van der Waals surface area contributed by atoms with E-state index in [1.807, 2.05) is 10.6 Å². The zero-order chi connectivity index (χ0) is 14.3. The van der Waals surface area contributed by atoms with Crippen molar-refractivity contribution in [1.29, 1.82) is 0 Å². The van der Waals surface area contributed by atoms with Gasteiger partial charge in [-0.1, -0.05) is 40.9 Å². The van der Waals surface area contributed by atoms with Crippen LogP contribution in [-0.4, -0.2) is 9.67 Å². The van der Waals surface area contributed by atoms with Gasteiger partial charge in [0.15, 0.2) is 0 Å². The normalized spacial score (nSPS) is 11.2. The number of phenols is 1. The Bertz CT molecular complexity index is 795. The highest BCUT2D eigenvalue weighted by atomic mass is 35.5. The lowest BCUT2D eigenvalue weighted by molar-refractivity contribution is 0.476. The van der Waals surface area contributed by atoms with E-state index >= 15 is 0 Å². The van der Waals surface area contributed by atoms with Crippen molar-refractivity contribution in [2.45, 2.75) is 6.54 Å². The first-order valence-corrected chi connectivity index (χ1v) is 7.02. The lowest BCUT2D eigenvalue weighted by atomic mass is 10.2. The van der Waals surface area contributed by atoms with Gasteiger partial charge in [-0.15, -0.1) is 0 Å². The molecule has 0 aliphatic rings. The molecule has 2 nitrogen and oxygen atoms in total. The first kappa shape index (κ1) is 13.6. The maximum atomic E-state index is 9.49. The molecule has 3 rings (SSSR count). The van der Waals surface area contributed by atoms with E-state index in [9.17, 15) is 5.11 Å². The summed E-state index contributed by atoms with van der Waals surface area (Å²) in [5.74, 6) is 0.187. The highest BCUT2D eigenvalue weighted by Gasteiger charge is 2.10. The third-order valence-corrected chi connectivity index (χ3v) is 3.97. The van der Waals surface area contributed by atoms with Gasteiger partial charge in [-0.2, -0.15) is 0 Å². The number of hydrogen-bond acceptors (Lipinski definition) is 1. The molecule has 1 N–H and O–H groups in total. The minimum absolute atomic E-state index is 0.187. The summed E-state index contributed by atoms with van der Waals surface area (Å²) in [6, 6.07) is 13.4. The molecule has 1 aromatic heterocycles. The van der Waals surface area contributed by atoms with Crippen LogP contribution in [-0.2, 0) is 6.54 Å². The second-order valence-electron chi connectivity index (χ2n) is 4.44. The molecule has 5 heteroatoms. The molecule has 0 atom stereocenters. The van der Waals surface area contributed by atoms with Gasteiger partial charge in [0, 0.05) is 21.5 Å². The third kappa shape index (κ3) is 2.47. The molecule has 1 heterocycles. The van der Waals surface area contributed by atoms with Crippen molar-refractivity contribution in [1.82, 2.24) is 4.57 Å². The molecule has 0 aliphatic heterocycles. The van der Waals surface area contributed by atoms with Crippen LogP contribution in [0.25, 0.3) is 10.9 Å². The Morgan fingerprint density at radius 2 is 1.85 bits per heavy atom. The number of fused-ring (bicyclic) bond motifs is 1. The summed E-state index contributed by atoms with van der Waals surface area (Å²) in [5.41, 5.74) is 1.80. The Kier molecular flexibility index (Phi) is 3.55. The number of halogens is 3. The van der Waals surface area contributed by atoms with Crippen LogP contribution in [0.5, 0.6) is 5.75 Å². The van der Waals surface area contributed by atoms with Crippen LogP contribution in [0.15, 0.2) is 36.4 Å². The third-order valence-electron chi connectivity index (χ3n) is 3.09. The van der Waals surface area contributed by atoms with E-state index in [-0.39, 0.29) is 5.75 Å². The van der Waals surface area contributed by atoms with Gasteiger partial charge >= 0.3 is 0 Å². The lowest BCUT2D eigenvalue weighted by Crippen LogP contribution is -2.00. The van der Waals surface area contributed by atoms with Gasteiger partial charge in [0.05, 0.1) is 12.1 Å². The maximum absolute atomic E-state index is 9.49. The first-order valence-electron chi connectivity index (χ1n) is 5.88. The second kappa shape index (κ2) is 5.21. The number of benzene rings is 2. The summed E-state index contributed by atoms with van der Waals surface area (Å²) in [7, 11) is 0. The quantitative estimate of drug-likeness (QED) is 0.692. The molecule has 0 saturated heterocycles. The van der Waals surface area contributed by atoms with E-state index in [1.165, 1.54) is 0 Å². The number of rotatable bonds is 2. The standard InChI is InChI=1S/C15H9Cl3NO/c16-11-2-1-9(13(17)7-11)8-19-14-4-3-12(20)5-10(14)6-15(19)18/h1-5,7,20H,8H2. The van der Waals surface area contributed by atoms with Crippen LogP contribution < -0.4 is 0 Å². The maximum Gasteiger partial charge on any atom is 0.118 e. The Labute approximate surface area is 131 Å². The molecule has 0 spiro atoms. The van der Waals surface area contributed by atoms with Crippen molar-refractivity contribution in [3.05, 3.63) is 63.2 Å². The lowest BCUT2D eigenvalue weighted by Gasteiger charge is -2.09. The highest BCUT2D eigenvalue weighted by molar-refractivity contribution is 6.35. The number of hydrogen-bond donors (Lipinski definition) is 1. The van der Waals surface area contributed by atoms with Crippen LogP contribution in [0.4, 0.5) is 0 Å². The molecule has 101 valence electrons. The zero-order valence-corrected chi connectivity index (χ0v) is 12.5. The van der Waals surface area contributed by atoms with E-state index in [4.69, 9.17) is 34.8 Å². The topological polar surface area (TPSA) is 25.2 Å². The first-order chi connectivity index (χ1) is 9.54. The van der Waals surface area contributed by atoms with Crippen molar-refractivity contribution in [2.24, 2.45) is 0 Å². The minimum atomic E-state index is 0.187. The molecule has 0 bridgehead atoms. The summed E-state index contributed by atoms with van der Waals surface area (Å²) < 4.78 is 1.88. The number of phenolic OH excluding ortho intramolecular Hbond substituents is 1. The predicted molar refractivity (Wildman–Crippen MR) is 83.0 cm³/mol. The van der Waals surface area contributed by atoms with Crippen molar-refractivity contribution in [3.63, 3.8) is 0 Å². The summed E-state index contributed by atoms with van der Waals surface area (Å²) in [4.78, 5) is 0. The summed E-state index contributed by atoms with van der Waals surface area (Å²) in [6.45, 7) is 0.514. The van der Waals surface area contributed by atoms with Crippen LogP contribution in [0.1, 0.15) is 5.56 Å². The van der Waals surface area contributed by atoms with Gasteiger partial charge in [-0.05, 0) is 35.9 Å². The summed E-state index contributed by atoms with van der Waals surface area (Å²) >= 11 is 18.3. The van der Waals surface area contributed by atoms with Crippen molar-refractivity contribution in [2.75, 3.05) is 0 Å². The molecular formula is C15H9Cl3NO. The fourth-order valence-corrected chi connectivity index (χ4v) is 2.84. The molecule has 3 aromatic rings. The number of nitrogens with zero attached hydrogens (tertiary/aromatic N) is 1. The summed E-state index contributed by atoms with van der Waals surface area (Å²) in [6.07, 6.45) is 0. The molecule has 0 aliphatic carbocycles. The van der Waals surface area contributed by atoms with E-state index in [0.29, 0.717) is 21.7 Å². The van der Waals surface area contributed by atoms with Crippen LogP contribution in [0, 0.1) is 6.07 Å². The minimum Gasteiger partial charge on any atom is -0.508 e. The molecule has 1 radical (unpaired) electrons. The molecule has 0 amide bonds. The fraction of sp³-hybridized carbons (Fsp3) is 0.0667. The average Bonchev–Trinajstić information content (AvgIpc) is 2.68. The van der Waals surface area contributed by atoms with E-state index in [1.54, 1.807) is 30.3 Å². The van der Waals surface area contributed by atoms with Gasteiger partial charge < -0.3 is 9.67 Å². The van der Waals surface area contributed by atoms with E-state index in [0.717, 1.165) is 16.5 Å². The van der Waals surface area contributed by atoms with Gasteiger partial charge in [0.25, 0.3) is 0 Å². The predicted octanol–water partition coefficient (Wildman–Crippen LogP) is 5.16. The average molecular weight is 326 g/mol. The van der Waals surface area contributed by atoms with Gasteiger partial charge in [0.1, 0.15) is 10.9 Å². The molecule has 20 heavy (non-hydrogen) atoms. The van der Waals surface area contributed by atoms with E-state index in [2.05, 4.69) is 6.07 Å². The van der Waals surface area contributed by atoms with E-state index < -0.39 is 0 Å². The SMILES string of the molecule is Oc1ccc2c([c]c(Cl)n2Cc2ccc(Cl)cc2Cl)c1. The van der Waals surface area contributed by atoms with Crippen molar-refractivity contribution in [3.8, 4) is 5.75 Å². The molecule has 0 saturated carbocycles. The molecule has 0 fully saturated rings. The number of aromatic hydroxyl groups is 1. The smallest absolute Gasteiger partial charge is 0.118 e. The van der Waals surface area contributed by atoms with Gasteiger partial charge in [-0.25, -0.2) is 0 Å².